The molecule has 1 aromatic rings. The van der Waals surface area contributed by atoms with E-state index < -0.39 is 35.6 Å². The van der Waals surface area contributed by atoms with Crippen LogP contribution in [0.3, 0.4) is 0 Å². The molecule has 3 rings (SSSR count). The van der Waals surface area contributed by atoms with Gasteiger partial charge in [0.1, 0.15) is 25.0 Å². The van der Waals surface area contributed by atoms with Crippen molar-refractivity contribution in [2.75, 3.05) is 63.3 Å². The maximum Gasteiger partial charge on any atom is 0.414 e. The lowest BCUT2D eigenvalue weighted by atomic mass is 10.2. The number of thiocarbonyl (C=S) groups is 1. The van der Waals surface area contributed by atoms with Crippen LogP contribution in [0.25, 0.3) is 0 Å². The predicted octanol–water partition coefficient (Wildman–Crippen LogP) is 1.70. The number of carbonyl (C=O) groups excluding carboxylic acids is 2. The summed E-state index contributed by atoms with van der Waals surface area (Å²) >= 11 is 5.06. The minimum atomic E-state index is -0.978. The van der Waals surface area contributed by atoms with Gasteiger partial charge < -0.3 is 24.4 Å². The third-order valence-electron chi connectivity index (χ3n) is 4.46. The number of ether oxygens (including phenoxy) is 3. The van der Waals surface area contributed by atoms with E-state index in [4.69, 9.17) is 26.4 Å². The molecule has 0 aromatic heterocycles. The van der Waals surface area contributed by atoms with Gasteiger partial charge in [-0.2, -0.15) is 0 Å². The van der Waals surface area contributed by atoms with Crippen molar-refractivity contribution < 1.29 is 32.6 Å². The third-order valence-corrected chi connectivity index (χ3v) is 4.73. The Balaban J connectivity index is 1.60. The van der Waals surface area contributed by atoms with Gasteiger partial charge in [0, 0.05) is 18.7 Å². The van der Waals surface area contributed by atoms with Gasteiger partial charge in [-0.25, -0.2) is 18.4 Å². The van der Waals surface area contributed by atoms with E-state index in [9.17, 15) is 18.4 Å². The van der Waals surface area contributed by atoms with Crippen LogP contribution in [0, 0.1) is 11.6 Å². The van der Waals surface area contributed by atoms with Gasteiger partial charge >= 0.3 is 12.2 Å². The van der Waals surface area contributed by atoms with Crippen molar-refractivity contribution in [3.05, 3.63) is 23.8 Å². The summed E-state index contributed by atoms with van der Waals surface area (Å²) in [6, 6.07) is 1.96. The van der Waals surface area contributed by atoms with Gasteiger partial charge in [-0.1, -0.05) is 0 Å². The summed E-state index contributed by atoms with van der Waals surface area (Å²) in [5.41, 5.74) is -0.522. The molecule has 0 saturated carbocycles. The van der Waals surface area contributed by atoms with Crippen molar-refractivity contribution in [2.24, 2.45) is 0 Å². The molecule has 2 aliphatic rings. The number of carbonyl (C=O) groups is 2. The number of anilines is 2. The summed E-state index contributed by atoms with van der Waals surface area (Å²) in [6.07, 6.45) is -2.16. The number of hydrogen-bond acceptors (Lipinski definition) is 7. The maximum atomic E-state index is 14.5. The molecule has 1 atom stereocenters. The Labute approximate surface area is 177 Å². The Hall–Kier alpha value is -2.73. The lowest BCUT2D eigenvalue weighted by Crippen LogP contribution is -2.35. The number of hydrogen-bond donors (Lipinski definition) is 1. The fraction of sp³-hybridized carbons (Fsp3) is 0.500. The standard InChI is InChI=1S/C18H22F2N4O5S/c1-22(2)3-5-27-16(30)21-9-12-10-24(18(26)29-12)11-7-13(19)15(14(20)8-11)23-4-6-28-17(23)25/h7-8,12H,3-6,9-10H2,1-2H3,(H,21,30)/t12-/m0/s1. The molecule has 0 radical (unpaired) electrons. The van der Waals surface area contributed by atoms with Crippen LogP contribution in [0.4, 0.5) is 29.7 Å². The van der Waals surface area contributed by atoms with Gasteiger partial charge in [-0.3, -0.25) is 9.80 Å². The monoisotopic (exact) mass is 444 g/mol. The molecule has 30 heavy (non-hydrogen) atoms. The molecule has 0 unspecified atom stereocenters. The number of halogens is 2. The molecule has 1 aromatic carbocycles. The minimum absolute atomic E-state index is 0.0152. The molecule has 1 N–H and O–H groups in total. The number of benzene rings is 1. The average molecular weight is 444 g/mol. The normalized spacial score (nSPS) is 18.6. The van der Waals surface area contributed by atoms with Crippen LogP contribution < -0.4 is 15.1 Å². The second-order valence-electron chi connectivity index (χ2n) is 6.96. The van der Waals surface area contributed by atoms with Crippen molar-refractivity contribution in [2.45, 2.75) is 6.10 Å². The van der Waals surface area contributed by atoms with Crippen molar-refractivity contribution in [3.63, 3.8) is 0 Å². The molecule has 2 heterocycles. The molecule has 0 bridgehead atoms. The van der Waals surface area contributed by atoms with Gasteiger partial charge in [0.2, 0.25) is 0 Å². The first-order valence-electron chi connectivity index (χ1n) is 9.23. The van der Waals surface area contributed by atoms with E-state index in [0.29, 0.717) is 13.2 Å². The van der Waals surface area contributed by atoms with Gasteiger partial charge in [0.05, 0.1) is 25.3 Å². The van der Waals surface area contributed by atoms with Crippen LogP contribution in [0.2, 0.25) is 0 Å². The van der Waals surface area contributed by atoms with Gasteiger partial charge in [0.15, 0.2) is 11.6 Å². The molecule has 2 aliphatic heterocycles. The van der Waals surface area contributed by atoms with Gasteiger partial charge in [-0.05, 0) is 26.3 Å². The number of amides is 2. The molecule has 0 aliphatic carbocycles. The first kappa shape index (κ1) is 22.0. The molecule has 12 heteroatoms. The molecular weight excluding hydrogens is 422 g/mol. The van der Waals surface area contributed by atoms with E-state index >= 15 is 0 Å². The average Bonchev–Trinajstić information content (AvgIpc) is 3.25. The number of nitrogens with one attached hydrogen (secondary N) is 1. The lowest BCUT2D eigenvalue weighted by molar-refractivity contribution is 0.141. The first-order valence-corrected chi connectivity index (χ1v) is 9.64. The third kappa shape index (κ3) is 5.05. The second kappa shape index (κ2) is 9.39. The van der Waals surface area contributed by atoms with Crippen LogP contribution in [0.5, 0.6) is 0 Å². The maximum absolute atomic E-state index is 14.5. The number of nitrogens with zero attached hydrogens (tertiary/aromatic N) is 3. The lowest BCUT2D eigenvalue weighted by Gasteiger charge is -2.18. The molecule has 2 amide bonds. The van der Waals surface area contributed by atoms with Crippen LogP contribution in [-0.4, -0.2) is 81.9 Å². The number of cyclic esters (lactones) is 2. The molecule has 0 spiro atoms. The predicted molar refractivity (Wildman–Crippen MR) is 108 cm³/mol. The Morgan fingerprint density at radius 3 is 2.57 bits per heavy atom. The minimum Gasteiger partial charge on any atom is -0.470 e. The summed E-state index contributed by atoms with van der Waals surface area (Å²) in [5, 5.41) is 3.02. The van der Waals surface area contributed by atoms with Crippen LogP contribution in [-0.2, 0) is 14.2 Å². The smallest absolute Gasteiger partial charge is 0.414 e. The van der Waals surface area contributed by atoms with E-state index in [1.807, 2.05) is 19.0 Å². The Morgan fingerprint density at radius 2 is 1.97 bits per heavy atom. The zero-order valence-corrected chi connectivity index (χ0v) is 17.3. The molecule has 2 fully saturated rings. The Bertz CT molecular complexity index is 818. The highest BCUT2D eigenvalue weighted by Gasteiger charge is 2.35. The molecule has 9 nitrogen and oxygen atoms in total. The van der Waals surface area contributed by atoms with E-state index in [0.717, 1.165) is 21.9 Å². The molecule has 2 saturated heterocycles. The SMILES string of the molecule is CN(C)CCOC(=S)NC[C@H]1CN(c2cc(F)c(N3CCOC3=O)c(F)c2)C(=O)O1. The summed E-state index contributed by atoms with van der Waals surface area (Å²) in [7, 11) is 3.81. The van der Waals surface area contributed by atoms with E-state index in [-0.39, 0.29) is 37.1 Å². The molecular formula is C18H22F2N4O5S. The molecule has 164 valence electrons. The van der Waals surface area contributed by atoms with Crippen molar-refractivity contribution in [1.29, 1.82) is 0 Å². The topological polar surface area (TPSA) is 83.6 Å². The number of likely N-dealkylation sites (N-methyl/N-ethyl adjacent to an activating group) is 1. The van der Waals surface area contributed by atoms with E-state index in [1.54, 1.807) is 0 Å². The highest BCUT2D eigenvalue weighted by Crippen LogP contribution is 2.32. The highest BCUT2D eigenvalue weighted by atomic mass is 32.1. The second-order valence-corrected chi connectivity index (χ2v) is 7.33. The summed E-state index contributed by atoms with van der Waals surface area (Å²) in [6.45, 7) is 1.44. The van der Waals surface area contributed by atoms with Crippen molar-refractivity contribution >= 4 is 41.0 Å². The van der Waals surface area contributed by atoms with Crippen molar-refractivity contribution in [3.8, 4) is 0 Å². The Kier molecular flexibility index (Phi) is 6.87. The fourth-order valence-corrected chi connectivity index (χ4v) is 3.14. The van der Waals surface area contributed by atoms with E-state index in [1.165, 1.54) is 0 Å². The fourth-order valence-electron chi connectivity index (χ4n) is 2.97. The first-order chi connectivity index (χ1) is 14.3. The summed E-state index contributed by atoms with van der Waals surface area (Å²) < 4.78 is 44.3. The van der Waals surface area contributed by atoms with Crippen LogP contribution in [0.1, 0.15) is 0 Å². The zero-order valence-electron chi connectivity index (χ0n) is 16.5. The van der Waals surface area contributed by atoms with Gasteiger partial charge in [0.25, 0.3) is 5.17 Å². The number of rotatable bonds is 7. The van der Waals surface area contributed by atoms with Crippen molar-refractivity contribution in [1.82, 2.24) is 10.2 Å². The van der Waals surface area contributed by atoms with Crippen LogP contribution >= 0.6 is 12.2 Å². The van der Waals surface area contributed by atoms with Gasteiger partial charge in [-0.15, -0.1) is 0 Å². The summed E-state index contributed by atoms with van der Waals surface area (Å²) in [4.78, 5) is 27.7. The zero-order chi connectivity index (χ0) is 21.8. The largest absolute Gasteiger partial charge is 0.470 e. The Morgan fingerprint density at radius 1 is 1.27 bits per heavy atom. The van der Waals surface area contributed by atoms with Crippen LogP contribution in [0.15, 0.2) is 12.1 Å². The highest BCUT2D eigenvalue weighted by molar-refractivity contribution is 7.80. The quantitative estimate of drug-likeness (QED) is 0.637. The summed E-state index contributed by atoms with van der Waals surface area (Å²) in [5.74, 6) is -1.96. The van der Waals surface area contributed by atoms with E-state index in [2.05, 4.69) is 5.32 Å².